The second-order valence-corrected chi connectivity index (χ2v) is 3.28. The standard InChI is InChI=1S/C8H19N3O2/c1-6(3-4-12)10-7(2)5-8(9)11-13/h6-7,10,12-13H,3-5H2,1-2H3,(H2,9,11). The Morgan fingerprint density at radius 2 is 2.08 bits per heavy atom. The third-order valence-electron chi connectivity index (χ3n) is 1.77. The smallest absolute Gasteiger partial charge is 0.140 e. The van der Waals surface area contributed by atoms with Gasteiger partial charge in [0, 0.05) is 25.1 Å². The van der Waals surface area contributed by atoms with Gasteiger partial charge in [-0.2, -0.15) is 0 Å². The van der Waals surface area contributed by atoms with Crippen molar-refractivity contribution in [2.45, 2.75) is 38.8 Å². The van der Waals surface area contributed by atoms with E-state index >= 15 is 0 Å². The molecule has 0 rings (SSSR count). The van der Waals surface area contributed by atoms with Crippen LogP contribution in [-0.2, 0) is 0 Å². The number of amidine groups is 1. The number of nitrogens with two attached hydrogens (primary N) is 1. The summed E-state index contributed by atoms with van der Waals surface area (Å²) in [6.45, 7) is 4.11. The first-order valence-corrected chi connectivity index (χ1v) is 4.43. The summed E-state index contributed by atoms with van der Waals surface area (Å²) >= 11 is 0. The van der Waals surface area contributed by atoms with Crippen LogP contribution in [0.15, 0.2) is 5.16 Å². The number of oxime groups is 1. The number of aliphatic hydroxyl groups is 1. The molecule has 0 aliphatic rings. The molecule has 0 aromatic heterocycles. The first kappa shape index (κ1) is 12.2. The normalized spacial score (nSPS) is 17.0. The number of hydrogen-bond acceptors (Lipinski definition) is 4. The van der Waals surface area contributed by atoms with Gasteiger partial charge in [0.1, 0.15) is 5.84 Å². The molecule has 0 fully saturated rings. The van der Waals surface area contributed by atoms with Crippen LogP contribution in [0.4, 0.5) is 0 Å². The lowest BCUT2D eigenvalue weighted by Gasteiger charge is -2.18. The van der Waals surface area contributed by atoms with E-state index in [-0.39, 0.29) is 24.5 Å². The van der Waals surface area contributed by atoms with Crippen molar-refractivity contribution < 1.29 is 10.3 Å². The van der Waals surface area contributed by atoms with Crippen molar-refractivity contribution in [3.63, 3.8) is 0 Å². The summed E-state index contributed by atoms with van der Waals surface area (Å²) in [5.41, 5.74) is 5.33. The van der Waals surface area contributed by atoms with E-state index in [2.05, 4.69) is 10.5 Å². The molecule has 13 heavy (non-hydrogen) atoms. The molecular weight excluding hydrogens is 170 g/mol. The Morgan fingerprint density at radius 1 is 1.46 bits per heavy atom. The summed E-state index contributed by atoms with van der Waals surface area (Å²) in [7, 11) is 0. The molecule has 78 valence electrons. The van der Waals surface area contributed by atoms with Crippen LogP contribution in [0.1, 0.15) is 26.7 Å². The van der Waals surface area contributed by atoms with E-state index < -0.39 is 0 Å². The maximum absolute atomic E-state index is 8.65. The fraction of sp³-hybridized carbons (Fsp3) is 0.875. The molecular formula is C8H19N3O2. The average molecular weight is 189 g/mol. The molecule has 0 saturated heterocycles. The van der Waals surface area contributed by atoms with Crippen LogP contribution < -0.4 is 11.1 Å². The number of rotatable bonds is 6. The van der Waals surface area contributed by atoms with Crippen LogP contribution in [0.2, 0.25) is 0 Å². The molecule has 0 bridgehead atoms. The SMILES string of the molecule is CC(CCO)NC(C)CC(N)=NO. The van der Waals surface area contributed by atoms with Crippen molar-refractivity contribution in [1.82, 2.24) is 5.32 Å². The third-order valence-corrected chi connectivity index (χ3v) is 1.77. The Kier molecular flexibility index (Phi) is 6.26. The lowest BCUT2D eigenvalue weighted by molar-refractivity contribution is 0.264. The molecule has 5 heteroatoms. The Morgan fingerprint density at radius 3 is 2.54 bits per heavy atom. The fourth-order valence-electron chi connectivity index (χ4n) is 1.18. The van der Waals surface area contributed by atoms with Gasteiger partial charge in [0.05, 0.1) is 0 Å². The summed E-state index contributed by atoms with van der Waals surface area (Å²) in [4.78, 5) is 0. The number of nitrogens with zero attached hydrogens (tertiary/aromatic N) is 1. The molecule has 0 amide bonds. The fourth-order valence-corrected chi connectivity index (χ4v) is 1.18. The predicted molar refractivity (Wildman–Crippen MR) is 51.8 cm³/mol. The van der Waals surface area contributed by atoms with Gasteiger partial charge in [0.25, 0.3) is 0 Å². The Hall–Kier alpha value is -0.810. The summed E-state index contributed by atoms with van der Waals surface area (Å²) < 4.78 is 0. The highest BCUT2D eigenvalue weighted by molar-refractivity contribution is 5.80. The van der Waals surface area contributed by atoms with Crippen molar-refractivity contribution in [3.8, 4) is 0 Å². The number of aliphatic hydroxyl groups excluding tert-OH is 1. The molecule has 0 aliphatic carbocycles. The van der Waals surface area contributed by atoms with E-state index in [4.69, 9.17) is 16.0 Å². The van der Waals surface area contributed by atoms with Gasteiger partial charge in [-0.1, -0.05) is 5.16 Å². The van der Waals surface area contributed by atoms with Gasteiger partial charge in [-0.25, -0.2) is 0 Å². The lowest BCUT2D eigenvalue weighted by Crippen LogP contribution is -2.37. The zero-order valence-corrected chi connectivity index (χ0v) is 8.20. The van der Waals surface area contributed by atoms with Gasteiger partial charge in [0.2, 0.25) is 0 Å². The Bertz CT molecular complexity index is 161. The second kappa shape index (κ2) is 6.68. The highest BCUT2D eigenvalue weighted by atomic mass is 16.4. The number of nitrogens with one attached hydrogen (secondary N) is 1. The maximum atomic E-state index is 8.65. The van der Waals surface area contributed by atoms with Crippen molar-refractivity contribution in [2.75, 3.05) is 6.61 Å². The molecule has 0 heterocycles. The Balaban J connectivity index is 3.67. The molecule has 0 aromatic rings. The largest absolute Gasteiger partial charge is 0.409 e. The summed E-state index contributed by atoms with van der Waals surface area (Å²) in [5.74, 6) is 0.219. The predicted octanol–water partition coefficient (Wildman–Crippen LogP) is -0.128. The van der Waals surface area contributed by atoms with Crippen LogP contribution in [0, 0.1) is 0 Å². The third kappa shape index (κ3) is 6.36. The van der Waals surface area contributed by atoms with E-state index in [1.165, 1.54) is 0 Å². The zero-order chi connectivity index (χ0) is 10.3. The second-order valence-electron chi connectivity index (χ2n) is 3.28. The molecule has 0 aromatic carbocycles. The minimum atomic E-state index is 0.150. The van der Waals surface area contributed by atoms with E-state index in [1.54, 1.807) is 0 Å². The maximum Gasteiger partial charge on any atom is 0.140 e. The van der Waals surface area contributed by atoms with E-state index in [1.807, 2.05) is 13.8 Å². The quantitative estimate of drug-likeness (QED) is 0.203. The van der Waals surface area contributed by atoms with Gasteiger partial charge < -0.3 is 21.4 Å². The van der Waals surface area contributed by atoms with Crippen LogP contribution in [-0.4, -0.2) is 34.8 Å². The van der Waals surface area contributed by atoms with Gasteiger partial charge in [-0.3, -0.25) is 0 Å². The average Bonchev–Trinajstić information content (AvgIpc) is 2.04. The molecule has 0 saturated carbocycles. The van der Waals surface area contributed by atoms with Crippen molar-refractivity contribution in [2.24, 2.45) is 10.9 Å². The Labute approximate surface area is 78.6 Å². The molecule has 0 spiro atoms. The van der Waals surface area contributed by atoms with E-state index in [0.717, 1.165) is 0 Å². The van der Waals surface area contributed by atoms with Gasteiger partial charge in [0.15, 0.2) is 0 Å². The van der Waals surface area contributed by atoms with Crippen LogP contribution >= 0.6 is 0 Å². The van der Waals surface area contributed by atoms with E-state index in [9.17, 15) is 0 Å². The molecule has 2 unspecified atom stereocenters. The minimum absolute atomic E-state index is 0.150. The molecule has 2 atom stereocenters. The molecule has 5 nitrogen and oxygen atoms in total. The first-order chi connectivity index (χ1) is 6.10. The first-order valence-electron chi connectivity index (χ1n) is 4.43. The van der Waals surface area contributed by atoms with Crippen molar-refractivity contribution >= 4 is 5.84 Å². The highest BCUT2D eigenvalue weighted by Crippen LogP contribution is 1.96. The van der Waals surface area contributed by atoms with Gasteiger partial charge >= 0.3 is 0 Å². The minimum Gasteiger partial charge on any atom is -0.409 e. The monoisotopic (exact) mass is 189 g/mol. The number of hydrogen-bond donors (Lipinski definition) is 4. The lowest BCUT2D eigenvalue weighted by atomic mass is 10.1. The summed E-state index contributed by atoms with van der Waals surface area (Å²) in [5, 5.41) is 23.1. The molecule has 0 aliphatic heterocycles. The topological polar surface area (TPSA) is 90.9 Å². The molecule has 5 N–H and O–H groups in total. The van der Waals surface area contributed by atoms with Crippen LogP contribution in [0.25, 0.3) is 0 Å². The van der Waals surface area contributed by atoms with Gasteiger partial charge in [-0.15, -0.1) is 0 Å². The van der Waals surface area contributed by atoms with Crippen molar-refractivity contribution in [1.29, 1.82) is 0 Å². The van der Waals surface area contributed by atoms with Crippen molar-refractivity contribution in [3.05, 3.63) is 0 Å². The zero-order valence-electron chi connectivity index (χ0n) is 8.20. The summed E-state index contributed by atoms with van der Waals surface area (Å²) in [6, 6.07) is 0.393. The summed E-state index contributed by atoms with van der Waals surface area (Å²) in [6.07, 6.45) is 1.22. The van der Waals surface area contributed by atoms with Crippen LogP contribution in [0.5, 0.6) is 0 Å². The van der Waals surface area contributed by atoms with Crippen LogP contribution in [0.3, 0.4) is 0 Å². The van der Waals surface area contributed by atoms with Gasteiger partial charge in [-0.05, 0) is 20.3 Å². The molecule has 0 radical (unpaired) electrons. The van der Waals surface area contributed by atoms with E-state index in [0.29, 0.717) is 12.8 Å². The highest BCUT2D eigenvalue weighted by Gasteiger charge is 2.08.